The Labute approximate surface area is 155 Å². The Kier molecular flexibility index (Phi) is 6.69. The first-order valence-corrected chi connectivity index (χ1v) is 8.53. The van der Waals surface area contributed by atoms with Gasteiger partial charge in [-0.25, -0.2) is 4.79 Å². The Balaban J connectivity index is 1.96. The van der Waals surface area contributed by atoms with Gasteiger partial charge in [0.05, 0.1) is 18.6 Å². The lowest BCUT2D eigenvalue weighted by Gasteiger charge is -2.45. The third-order valence-corrected chi connectivity index (χ3v) is 4.27. The van der Waals surface area contributed by atoms with Crippen LogP contribution in [0.25, 0.3) is 0 Å². The second-order valence-electron chi connectivity index (χ2n) is 6.94. The molecule has 1 aliphatic rings. The molecular weight excluding hydrogens is 365 g/mol. The van der Waals surface area contributed by atoms with Crippen LogP contribution < -0.4 is 5.32 Å². The zero-order valence-electron chi connectivity index (χ0n) is 15.2. The van der Waals surface area contributed by atoms with E-state index in [1.807, 2.05) is 35.6 Å². The van der Waals surface area contributed by atoms with Crippen molar-refractivity contribution < 1.29 is 32.2 Å². The molecule has 150 valence electrons. The molecule has 0 aliphatic carbocycles. The van der Waals surface area contributed by atoms with Gasteiger partial charge in [0, 0.05) is 19.1 Å². The molecular formula is C18H23F3N2O4. The number of carbonyl (C=O) groups excluding carboxylic acids is 2. The molecule has 0 atom stereocenters. The first-order valence-electron chi connectivity index (χ1n) is 8.53. The number of hydrogen-bond acceptors (Lipinski definition) is 4. The summed E-state index contributed by atoms with van der Waals surface area (Å²) in [6.45, 7) is 3.85. The lowest BCUT2D eigenvalue weighted by atomic mass is 9.85. The fraction of sp³-hybridized carbons (Fsp3) is 0.556. The maximum Gasteiger partial charge on any atom is 0.471 e. The van der Waals surface area contributed by atoms with Crippen LogP contribution in [0, 0.1) is 5.41 Å². The van der Waals surface area contributed by atoms with Crippen LogP contribution in [0.5, 0.6) is 0 Å². The van der Waals surface area contributed by atoms with Crippen LogP contribution in [-0.4, -0.2) is 55.4 Å². The van der Waals surface area contributed by atoms with Crippen molar-refractivity contribution in [2.24, 2.45) is 5.41 Å². The van der Waals surface area contributed by atoms with E-state index in [9.17, 15) is 22.8 Å². The summed E-state index contributed by atoms with van der Waals surface area (Å²) in [4.78, 5) is 25.0. The van der Waals surface area contributed by atoms with Crippen LogP contribution in [-0.2, 0) is 20.9 Å². The maximum absolute atomic E-state index is 12.5. The number of nitrogens with zero attached hydrogens (tertiary/aromatic N) is 1. The summed E-state index contributed by atoms with van der Waals surface area (Å²) in [5, 5.41) is 1.88. The number of hydrogen-bond donors (Lipinski definition) is 1. The van der Waals surface area contributed by atoms with Gasteiger partial charge in [-0.05, 0) is 19.4 Å². The molecule has 1 fully saturated rings. The summed E-state index contributed by atoms with van der Waals surface area (Å²) in [5.41, 5.74) is 0.0606. The molecule has 1 aliphatic heterocycles. The van der Waals surface area contributed by atoms with Gasteiger partial charge in [0.2, 0.25) is 0 Å². The molecule has 1 N–H and O–H groups in total. The van der Waals surface area contributed by atoms with E-state index >= 15 is 0 Å². The maximum atomic E-state index is 12.5. The van der Waals surface area contributed by atoms with Gasteiger partial charge in [-0.1, -0.05) is 30.3 Å². The Morgan fingerprint density at radius 2 is 1.89 bits per heavy atom. The Morgan fingerprint density at radius 3 is 2.37 bits per heavy atom. The smallest absolute Gasteiger partial charge is 0.445 e. The van der Waals surface area contributed by atoms with Gasteiger partial charge >= 0.3 is 18.2 Å². The molecule has 2 amide bonds. The highest BCUT2D eigenvalue weighted by atomic mass is 19.4. The van der Waals surface area contributed by atoms with Crippen molar-refractivity contribution in [2.75, 3.05) is 26.3 Å². The SMILES string of the molecule is CC(C)N(CC1(CNC(=O)C(F)(F)F)COC1)C(=O)OCc1ccccc1. The minimum absolute atomic E-state index is 0.0944. The van der Waals surface area contributed by atoms with Crippen molar-refractivity contribution >= 4 is 12.0 Å². The number of carbonyl (C=O) groups is 2. The fourth-order valence-corrected chi connectivity index (χ4v) is 2.63. The van der Waals surface area contributed by atoms with E-state index in [0.717, 1.165) is 5.56 Å². The summed E-state index contributed by atoms with van der Waals surface area (Å²) in [6, 6.07) is 8.91. The van der Waals surface area contributed by atoms with E-state index in [1.165, 1.54) is 4.90 Å². The normalized spacial score (nSPS) is 15.8. The average Bonchev–Trinajstić information content (AvgIpc) is 2.58. The van der Waals surface area contributed by atoms with Gasteiger partial charge in [-0.2, -0.15) is 13.2 Å². The van der Waals surface area contributed by atoms with Crippen molar-refractivity contribution in [1.29, 1.82) is 0 Å². The lowest BCUT2D eigenvalue weighted by molar-refractivity contribution is -0.177. The molecule has 0 bridgehead atoms. The second kappa shape index (κ2) is 8.60. The van der Waals surface area contributed by atoms with Crippen LogP contribution in [0.4, 0.5) is 18.0 Å². The number of ether oxygens (including phenoxy) is 2. The van der Waals surface area contributed by atoms with Crippen molar-refractivity contribution in [3.05, 3.63) is 35.9 Å². The zero-order chi connectivity index (χ0) is 20.1. The molecule has 0 saturated carbocycles. The summed E-state index contributed by atoms with van der Waals surface area (Å²) < 4.78 is 47.7. The highest BCUT2D eigenvalue weighted by Crippen LogP contribution is 2.29. The molecule has 1 aromatic carbocycles. The predicted molar refractivity (Wildman–Crippen MR) is 90.8 cm³/mol. The fourth-order valence-electron chi connectivity index (χ4n) is 2.63. The van der Waals surface area contributed by atoms with E-state index in [0.29, 0.717) is 0 Å². The number of amides is 2. The van der Waals surface area contributed by atoms with Crippen LogP contribution in [0.2, 0.25) is 0 Å². The molecule has 6 nitrogen and oxygen atoms in total. The van der Waals surface area contributed by atoms with Gasteiger partial charge in [0.15, 0.2) is 0 Å². The van der Waals surface area contributed by atoms with Gasteiger partial charge in [0.1, 0.15) is 6.61 Å². The Hall–Kier alpha value is -2.29. The van der Waals surface area contributed by atoms with Gasteiger partial charge in [0.25, 0.3) is 0 Å². The third kappa shape index (κ3) is 5.85. The van der Waals surface area contributed by atoms with E-state index in [2.05, 4.69) is 0 Å². The van der Waals surface area contributed by atoms with Crippen LogP contribution in [0.1, 0.15) is 19.4 Å². The van der Waals surface area contributed by atoms with Crippen LogP contribution in [0.3, 0.4) is 0 Å². The number of nitrogens with one attached hydrogen (secondary N) is 1. The number of benzene rings is 1. The van der Waals surface area contributed by atoms with Crippen LogP contribution in [0.15, 0.2) is 30.3 Å². The van der Waals surface area contributed by atoms with Gasteiger partial charge in [-0.3, -0.25) is 4.79 Å². The van der Waals surface area contributed by atoms with E-state index in [-0.39, 0.29) is 39.0 Å². The van der Waals surface area contributed by atoms with Crippen LogP contribution >= 0.6 is 0 Å². The molecule has 0 aromatic heterocycles. The van der Waals surface area contributed by atoms with Gasteiger partial charge in [-0.15, -0.1) is 0 Å². The molecule has 27 heavy (non-hydrogen) atoms. The zero-order valence-corrected chi connectivity index (χ0v) is 15.2. The average molecular weight is 388 g/mol. The van der Waals surface area contributed by atoms with E-state index < -0.39 is 23.6 Å². The minimum Gasteiger partial charge on any atom is -0.445 e. The molecule has 9 heteroatoms. The first-order chi connectivity index (χ1) is 12.6. The van der Waals surface area contributed by atoms with Crippen molar-refractivity contribution in [1.82, 2.24) is 10.2 Å². The quantitative estimate of drug-likeness (QED) is 0.780. The summed E-state index contributed by atoms with van der Waals surface area (Å²) >= 11 is 0. The molecule has 1 aromatic rings. The largest absolute Gasteiger partial charge is 0.471 e. The summed E-state index contributed by atoms with van der Waals surface area (Å²) in [7, 11) is 0. The van der Waals surface area contributed by atoms with Crippen molar-refractivity contribution in [2.45, 2.75) is 32.7 Å². The molecule has 1 heterocycles. The standard InChI is InChI=1S/C18H23F3N2O4/c1-13(2)23(16(25)27-8-14-6-4-3-5-7-14)10-17(11-26-12-17)9-22-15(24)18(19,20)21/h3-7,13H,8-12H2,1-2H3,(H,22,24). The summed E-state index contributed by atoms with van der Waals surface area (Å²) in [5.74, 6) is -2.00. The summed E-state index contributed by atoms with van der Waals surface area (Å²) in [6.07, 6.45) is -5.51. The molecule has 0 radical (unpaired) electrons. The first kappa shape index (κ1) is 21.0. The topological polar surface area (TPSA) is 67.9 Å². The Morgan fingerprint density at radius 1 is 1.26 bits per heavy atom. The molecule has 2 rings (SSSR count). The third-order valence-electron chi connectivity index (χ3n) is 4.27. The van der Waals surface area contributed by atoms with Crippen molar-refractivity contribution in [3.63, 3.8) is 0 Å². The second-order valence-corrected chi connectivity index (χ2v) is 6.94. The van der Waals surface area contributed by atoms with Gasteiger partial charge < -0.3 is 19.7 Å². The molecule has 0 spiro atoms. The van der Waals surface area contributed by atoms with E-state index in [1.54, 1.807) is 13.8 Å². The van der Waals surface area contributed by atoms with E-state index in [4.69, 9.17) is 9.47 Å². The highest BCUT2D eigenvalue weighted by molar-refractivity contribution is 5.81. The Bertz CT molecular complexity index is 646. The minimum atomic E-state index is -4.95. The molecule has 0 unspecified atom stereocenters. The van der Waals surface area contributed by atoms with Crippen molar-refractivity contribution in [3.8, 4) is 0 Å². The highest BCUT2D eigenvalue weighted by Gasteiger charge is 2.45. The molecule has 1 saturated heterocycles. The predicted octanol–water partition coefficient (Wildman–Crippen LogP) is 2.73. The lowest BCUT2D eigenvalue weighted by Crippen LogP contribution is -2.59. The number of alkyl halides is 3. The monoisotopic (exact) mass is 388 g/mol. The number of halogens is 3. The number of rotatable bonds is 7.